The standard InChI is InChI=1S/C16H17NO2S/c1-10-6-11(2)14(12(3)7-10)9-20-13-4-5-17-15(8-13)16(18)19/h4-8H,9H2,1-3H3,(H,18,19). The third-order valence-electron chi connectivity index (χ3n) is 3.17. The van der Waals surface area contributed by atoms with Gasteiger partial charge in [-0.15, -0.1) is 11.8 Å². The fraction of sp³-hybridized carbons (Fsp3) is 0.250. The first-order chi connectivity index (χ1) is 9.47. The molecular weight excluding hydrogens is 270 g/mol. The molecule has 4 heteroatoms. The van der Waals surface area contributed by atoms with Crippen LogP contribution in [0.2, 0.25) is 0 Å². The van der Waals surface area contributed by atoms with Crippen LogP contribution in [0, 0.1) is 20.8 Å². The highest BCUT2D eigenvalue weighted by atomic mass is 32.2. The van der Waals surface area contributed by atoms with Crippen LogP contribution in [-0.4, -0.2) is 16.1 Å². The van der Waals surface area contributed by atoms with Crippen molar-refractivity contribution in [2.24, 2.45) is 0 Å². The average molecular weight is 287 g/mol. The molecule has 104 valence electrons. The van der Waals surface area contributed by atoms with Gasteiger partial charge >= 0.3 is 5.97 Å². The number of aryl methyl sites for hydroxylation is 3. The molecule has 0 saturated heterocycles. The summed E-state index contributed by atoms with van der Waals surface area (Å²) in [5.41, 5.74) is 5.23. The van der Waals surface area contributed by atoms with Crippen LogP contribution in [0.1, 0.15) is 32.7 Å². The Morgan fingerprint density at radius 2 is 1.85 bits per heavy atom. The Kier molecular flexibility index (Phi) is 4.45. The summed E-state index contributed by atoms with van der Waals surface area (Å²) in [6.07, 6.45) is 1.54. The van der Waals surface area contributed by atoms with E-state index in [4.69, 9.17) is 5.11 Å². The first-order valence-corrected chi connectivity index (χ1v) is 7.35. The van der Waals surface area contributed by atoms with Crippen LogP contribution in [0.4, 0.5) is 0 Å². The SMILES string of the molecule is Cc1cc(C)c(CSc2ccnc(C(=O)O)c2)c(C)c1. The first kappa shape index (κ1) is 14.6. The van der Waals surface area contributed by atoms with Gasteiger partial charge in [-0.3, -0.25) is 0 Å². The van der Waals surface area contributed by atoms with Crippen LogP contribution in [0.3, 0.4) is 0 Å². The Morgan fingerprint density at radius 3 is 2.45 bits per heavy atom. The lowest BCUT2D eigenvalue weighted by Crippen LogP contribution is -1.99. The minimum absolute atomic E-state index is 0.0901. The maximum Gasteiger partial charge on any atom is 0.354 e. The number of pyridine rings is 1. The number of thioether (sulfide) groups is 1. The van der Waals surface area contributed by atoms with E-state index >= 15 is 0 Å². The quantitative estimate of drug-likeness (QED) is 0.864. The zero-order valence-corrected chi connectivity index (χ0v) is 12.6. The van der Waals surface area contributed by atoms with Crippen LogP contribution in [0.5, 0.6) is 0 Å². The monoisotopic (exact) mass is 287 g/mol. The van der Waals surface area contributed by atoms with E-state index in [0.29, 0.717) is 0 Å². The predicted molar refractivity (Wildman–Crippen MR) is 81.4 cm³/mol. The molecule has 0 bridgehead atoms. The van der Waals surface area contributed by atoms with Gasteiger partial charge in [-0.1, -0.05) is 17.7 Å². The topological polar surface area (TPSA) is 50.2 Å². The molecule has 0 aliphatic carbocycles. The summed E-state index contributed by atoms with van der Waals surface area (Å²) in [4.78, 5) is 15.7. The molecule has 0 aliphatic heterocycles. The van der Waals surface area contributed by atoms with E-state index in [0.717, 1.165) is 10.6 Å². The second-order valence-corrected chi connectivity index (χ2v) is 5.90. The molecule has 1 aromatic heterocycles. The number of rotatable bonds is 4. The van der Waals surface area contributed by atoms with Crippen molar-refractivity contribution in [3.8, 4) is 0 Å². The maximum absolute atomic E-state index is 10.9. The van der Waals surface area contributed by atoms with Crippen molar-refractivity contribution in [2.45, 2.75) is 31.4 Å². The number of hydrogen-bond donors (Lipinski definition) is 1. The molecule has 1 N–H and O–H groups in total. The third-order valence-corrected chi connectivity index (χ3v) is 4.19. The highest BCUT2D eigenvalue weighted by Gasteiger charge is 2.08. The summed E-state index contributed by atoms with van der Waals surface area (Å²) in [5, 5.41) is 8.94. The molecule has 0 atom stereocenters. The zero-order chi connectivity index (χ0) is 14.7. The van der Waals surface area contributed by atoms with Crippen molar-refractivity contribution in [3.05, 3.63) is 58.4 Å². The van der Waals surface area contributed by atoms with Crippen LogP contribution in [0.25, 0.3) is 0 Å². The van der Waals surface area contributed by atoms with E-state index < -0.39 is 5.97 Å². The van der Waals surface area contributed by atoms with Crippen LogP contribution in [0.15, 0.2) is 35.4 Å². The molecule has 0 fully saturated rings. The molecule has 2 aromatic rings. The Labute approximate surface area is 123 Å². The number of nitrogens with zero attached hydrogens (tertiary/aromatic N) is 1. The molecule has 0 amide bonds. The summed E-state index contributed by atoms with van der Waals surface area (Å²) < 4.78 is 0. The smallest absolute Gasteiger partial charge is 0.354 e. The van der Waals surface area contributed by atoms with E-state index in [9.17, 15) is 4.79 Å². The molecule has 2 rings (SSSR count). The number of carboxylic acids is 1. The second kappa shape index (κ2) is 6.09. The van der Waals surface area contributed by atoms with Crippen molar-refractivity contribution in [1.82, 2.24) is 4.98 Å². The number of benzene rings is 1. The fourth-order valence-corrected chi connectivity index (χ4v) is 3.33. The van der Waals surface area contributed by atoms with Gasteiger partial charge in [0.2, 0.25) is 0 Å². The maximum atomic E-state index is 10.9. The largest absolute Gasteiger partial charge is 0.477 e. The van der Waals surface area contributed by atoms with Crippen molar-refractivity contribution in [1.29, 1.82) is 0 Å². The van der Waals surface area contributed by atoms with Gasteiger partial charge in [0.05, 0.1) is 0 Å². The van der Waals surface area contributed by atoms with Crippen LogP contribution in [-0.2, 0) is 5.75 Å². The molecule has 0 radical (unpaired) electrons. The first-order valence-electron chi connectivity index (χ1n) is 6.36. The molecule has 0 unspecified atom stereocenters. The van der Waals surface area contributed by atoms with Gasteiger partial charge in [0, 0.05) is 16.8 Å². The van der Waals surface area contributed by atoms with E-state index in [-0.39, 0.29) is 5.69 Å². The Balaban J connectivity index is 2.17. The van der Waals surface area contributed by atoms with Gasteiger partial charge in [-0.2, -0.15) is 0 Å². The van der Waals surface area contributed by atoms with Gasteiger partial charge in [-0.25, -0.2) is 9.78 Å². The second-order valence-electron chi connectivity index (χ2n) is 4.85. The van der Waals surface area contributed by atoms with Gasteiger partial charge in [0.1, 0.15) is 5.69 Å². The zero-order valence-electron chi connectivity index (χ0n) is 11.8. The molecular formula is C16H17NO2S. The Hall–Kier alpha value is -1.81. The molecule has 0 saturated carbocycles. The normalized spacial score (nSPS) is 10.6. The molecule has 1 heterocycles. The van der Waals surface area contributed by atoms with Crippen LogP contribution >= 0.6 is 11.8 Å². The summed E-state index contributed by atoms with van der Waals surface area (Å²) in [7, 11) is 0. The average Bonchev–Trinajstić information content (AvgIpc) is 2.37. The number of hydrogen-bond acceptors (Lipinski definition) is 3. The highest BCUT2D eigenvalue weighted by molar-refractivity contribution is 7.98. The lowest BCUT2D eigenvalue weighted by Gasteiger charge is -2.11. The fourth-order valence-electron chi connectivity index (χ4n) is 2.21. The van der Waals surface area contributed by atoms with E-state index in [2.05, 4.69) is 37.9 Å². The Bertz CT molecular complexity index is 630. The van der Waals surface area contributed by atoms with Crippen LogP contribution < -0.4 is 0 Å². The summed E-state index contributed by atoms with van der Waals surface area (Å²) in [6.45, 7) is 6.33. The lowest BCUT2D eigenvalue weighted by atomic mass is 10.0. The van der Waals surface area contributed by atoms with Crippen molar-refractivity contribution >= 4 is 17.7 Å². The van der Waals surface area contributed by atoms with E-state index in [1.165, 1.54) is 22.3 Å². The summed E-state index contributed by atoms with van der Waals surface area (Å²) in [5.74, 6) is -0.156. The van der Waals surface area contributed by atoms with Crippen molar-refractivity contribution in [3.63, 3.8) is 0 Å². The number of aromatic nitrogens is 1. The minimum atomic E-state index is -0.991. The highest BCUT2D eigenvalue weighted by Crippen LogP contribution is 2.27. The number of carboxylic acid groups (broad SMARTS) is 1. The Morgan fingerprint density at radius 1 is 1.20 bits per heavy atom. The van der Waals surface area contributed by atoms with Gasteiger partial charge < -0.3 is 5.11 Å². The summed E-state index contributed by atoms with van der Waals surface area (Å²) >= 11 is 1.64. The molecule has 3 nitrogen and oxygen atoms in total. The van der Waals surface area contributed by atoms with Crippen molar-refractivity contribution in [2.75, 3.05) is 0 Å². The number of carbonyl (C=O) groups is 1. The van der Waals surface area contributed by atoms with Gasteiger partial charge in [-0.05, 0) is 49.6 Å². The van der Waals surface area contributed by atoms with Crippen molar-refractivity contribution < 1.29 is 9.90 Å². The van der Waals surface area contributed by atoms with E-state index in [1.807, 2.05) is 6.07 Å². The predicted octanol–water partition coefficient (Wildman–Crippen LogP) is 4.00. The molecule has 0 spiro atoms. The van der Waals surface area contributed by atoms with Gasteiger partial charge in [0.25, 0.3) is 0 Å². The lowest BCUT2D eigenvalue weighted by molar-refractivity contribution is 0.0690. The third kappa shape index (κ3) is 3.39. The number of aromatic carboxylic acids is 1. The molecule has 20 heavy (non-hydrogen) atoms. The molecule has 1 aromatic carbocycles. The van der Waals surface area contributed by atoms with E-state index in [1.54, 1.807) is 24.0 Å². The minimum Gasteiger partial charge on any atom is -0.477 e. The summed E-state index contributed by atoms with van der Waals surface area (Å²) in [6, 6.07) is 7.82. The molecule has 0 aliphatic rings. The van der Waals surface area contributed by atoms with Gasteiger partial charge in [0.15, 0.2) is 0 Å².